The minimum Gasteiger partial charge on any atom is -0.490 e. The predicted molar refractivity (Wildman–Crippen MR) is 119 cm³/mol. The number of hydrogen-bond acceptors (Lipinski definition) is 6. The molecule has 1 heterocycles. The summed E-state index contributed by atoms with van der Waals surface area (Å²) in [6.07, 6.45) is 1.96. The zero-order valence-electron chi connectivity index (χ0n) is 17.2. The smallest absolute Gasteiger partial charge is 0.161 e. The van der Waals surface area contributed by atoms with Gasteiger partial charge in [0, 0.05) is 11.3 Å². The standard InChI is InChI=1S/C23H26N2O3S/c1-5-27-20-13-18(11-12-19(20)28-14-17-9-7-6-8-10-17)22-21(16(3)26)15(2)24-23(25-22)29-4/h6-13,22H,5,14H2,1-4H3,(H,24,25)/t22-/m1/s1. The monoisotopic (exact) mass is 410 g/mol. The quantitative estimate of drug-likeness (QED) is 0.704. The first-order valence-electron chi connectivity index (χ1n) is 9.57. The molecule has 0 aromatic heterocycles. The zero-order valence-corrected chi connectivity index (χ0v) is 18.0. The van der Waals surface area contributed by atoms with Gasteiger partial charge in [-0.05, 0) is 50.3 Å². The van der Waals surface area contributed by atoms with Gasteiger partial charge in [-0.3, -0.25) is 4.79 Å². The molecule has 0 amide bonds. The summed E-state index contributed by atoms with van der Waals surface area (Å²) >= 11 is 1.52. The van der Waals surface area contributed by atoms with Gasteiger partial charge in [0.25, 0.3) is 0 Å². The van der Waals surface area contributed by atoms with E-state index in [2.05, 4.69) is 5.32 Å². The number of hydrogen-bond donors (Lipinski definition) is 1. The lowest BCUT2D eigenvalue weighted by atomic mass is 9.94. The van der Waals surface area contributed by atoms with E-state index >= 15 is 0 Å². The van der Waals surface area contributed by atoms with E-state index in [9.17, 15) is 4.79 Å². The summed E-state index contributed by atoms with van der Waals surface area (Å²) in [6, 6.07) is 15.4. The molecule has 5 nitrogen and oxygen atoms in total. The van der Waals surface area contributed by atoms with Crippen molar-refractivity contribution in [3.8, 4) is 11.5 Å². The van der Waals surface area contributed by atoms with Crippen LogP contribution < -0.4 is 14.8 Å². The van der Waals surface area contributed by atoms with Gasteiger partial charge in [-0.1, -0.05) is 48.2 Å². The first-order chi connectivity index (χ1) is 14.0. The molecule has 0 bridgehead atoms. The highest BCUT2D eigenvalue weighted by molar-refractivity contribution is 8.13. The lowest BCUT2D eigenvalue weighted by Gasteiger charge is -2.25. The number of ether oxygens (including phenoxy) is 2. The SMILES string of the molecule is CCOc1cc([C@H]2N=C(SC)NC(C)=C2C(C)=O)ccc1OCc1ccccc1. The van der Waals surface area contributed by atoms with Crippen LogP contribution in [0.1, 0.15) is 37.9 Å². The van der Waals surface area contributed by atoms with Gasteiger partial charge in [-0.2, -0.15) is 0 Å². The van der Waals surface area contributed by atoms with Crippen molar-refractivity contribution in [2.75, 3.05) is 12.9 Å². The summed E-state index contributed by atoms with van der Waals surface area (Å²) in [4.78, 5) is 17.0. The van der Waals surface area contributed by atoms with Crippen molar-refractivity contribution < 1.29 is 14.3 Å². The van der Waals surface area contributed by atoms with Crippen molar-refractivity contribution in [1.29, 1.82) is 0 Å². The van der Waals surface area contributed by atoms with E-state index in [1.54, 1.807) is 6.92 Å². The van der Waals surface area contributed by atoms with E-state index in [0.717, 1.165) is 22.0 Å². The maximum absolute atomic E-state index is 12.3. The van der Waals surface area contributed by atoms with Crippen LogP contribution >= 0.6 is 11.8 Å². The van der Waals surface area contributed by atoms with Gasteiger partial charge in [0.1, 0.15) is 12.6 Å². The van der Waals surface area contributed by atoms with Crippen LogP contribution in [0.5, 0.6) is 11.5 Å². The maximum Gasteiger partial charge on any atom is 0.161 e. The number of allylic oxidation sites excluding steroid dienone is 1. The Bertz CT molecular complexity index is 938. The van der Waals surface area contributed by atoms with E-state index in [4.69, 9.17) is 14.5 Å². The summed E-state index contributed by atoms with van der Waals surface area (Å²) in [7, 11) is 0. The van der Waals surface area contributed by atoms with E-state index in [-0.39, 0.29) is 11.8 Å². The summed E-state index contributed by atoms with van der Waals surface area (Å²) in [5, 5.41) is 3.99. The minimum atomic E-state index is -0.362. The van der Waals surface area contributed by atoms with Crippen LogP contribution in [-0.4, -0.2) is 23.8 Å². The molecule has 0 unspecified atom stereocenters. The van der Waals surface area contributed by atoms with Crippen LogP contribution in [0.4, 0.5) is 0 Å². The highest BCUT2D eigenvalue weighted by atomic mass is 32.2. The van der Waals surface area contributed by atoms with Gasteiger partial charge in [-0.25, -0.2) is 4.99 Å². The molecule has 0 aliphatic carbocycles. The van der Waals surface area contributed by atoms with Crippen LogP contribution in [0, 0.1) is 0 Å². The number of aliphatic imine (C=N–C) groups is 1. The molecule has 0 fully saturated rings. The molecular weight excluding hydrogens is 384 g/mol. The first-order valence-corrected chi connectivity index (χ1v) is 10.8. The van der Waals surface area contributed by atoms with Crippen molar-refractivity contribution >= 4 is 22.7 Å². The Labute approximate surface area is 176 Å². The second-order valence-electron chi connectivity index (χ2n) is 6.67. The van der Waals surface area contributed by atoms with Crippen LogP contribution in [0.2, 0.25) is 0 Å². The molecule has 1 atom stereocenters. The molecule has 2 aromatic carbocycles. The number of carbonyl (C=O) groups is 1. The highest BCUT2D eigenvalue weighted by Crippen LogP contribution is 2.37. The average Bonchev–Trinajstić information content (AvgIpc) is 2.72. The Hall–Kier alpha value is -2.73. The molecule has 29 heavy (non-hydrogen) atoms. The number of amidine groups is 1. The van der Waals surface area contributed by atoms with Crippen molar-refractivity contribution in [1.82, 2.24) is 5.32 Å². The molecule has 0 radical (unpaired) electrons. The van der Waals surface area contributed by atoms with Crippen LogP contribution in [0.15, 0.2) is 64.8 Å². The first kappa shape index (κ1) is 21.0. The molecule has 0 saturated heterocycles. The number of thioether (sulfide) groups is 1. The number of Topliss-reactive ketones (excluding diaryl/α,β-unsaturated/α-hetero) is 1. The highest BCUT2D eigenvalue weighted by Gasteiger charge is 2.27. The van der Waals surface area contributed by atoms with Gasteiger partial charge in [0.05, 0.1) is 6.61 Å². The number of benzene rings is 2. The number of carbonyl (C=O) groups excluding carboxylic acids is 1. The summed E-state index contributed by atoms with van der Waals surface area (Å²) < 4.78 is 11.8. The number of ketones is 1. The lowest BCUT2D eigenvalue weighted by molar-refractivity contribution is -0.114. The lowest BCUT2D eigenvalue weighted by Crippen LogP contribution is -2.28. The number of rotatable bonds is 7. The van der Waals surface area contributed by atoms with Gasteiger partial charge in [-0.15, -0.1) is 0 Å². The average molecular weight is 411 g/mol. The second kappa shape index (κ2) is 9.65. The number of nitrogens with zero attached hydrogens (tertiary/aromatic N) is 1. The second-order valence-corrected chi connectivity index (χ2v) is 7.47. The molecule has 3 rings (SSSR count). The zero-order chi connectivity index (χ0) is 20.8. The van der Waals surface area contributed by atoms with Crippen molar-refractivity contribution in [2.24, 2.45) is 4.99 Å². The fourth-order valence-corrected chi connectivity index (χ4v) is 3.73. The van der Waals surface area contributed by atoms with E-state index in [1.807, 2.05) is 68.6 Å². The fraction of sp³-hybridized carbons (Fsp3) is 0.304. The Balaban J connectivity index is 1.93. The molecule has 6 heteroatoms. The summed E-state index contributed by atoms with van der Waals surface area (Å²) in [5.41, 5.74) is 3.49. The third-order valence-electron chi connectivity index (χ3n) is 4.61. The minimum absolute atomic E-state index is 0.00580. The third kappa shape index (κ3) is 5.01. The third-order valence-corrected chi connectivity index (χ3v) is 5.21. The van der Waals surface area contributed by atoms with Crippen LogP contribution in [0.3, 0.4) is 0 Å². The molecule has 0 spiro atoms. The molecule has 0 saturated carbocycles. The molecule has 152 valence electrons. The van der Waals surface area contributed by atoms with E-state index in [1.165, 1.54) is 11.8 Å². The van der Waals surface area contributed by atoms with E-state index in [0.29, 0.717) is 30.3 Å². The largest absolute Gasteiger partial charge is 0.490 e. The maximum atomic E-state index is 12.3. The van der Waals surface area contributed by atoms with Crippen molar-refractivity contribution in [2.45, 2.75) is 33.4 Å². The van der Waals surface area contributed by atoms with E-state index < -0.39 is 0 Å². The normalized spacial score (nSPS) is 16.1. The van der Waals surface area contributed by atoms with Crippen LogP contribution in [-0.2, 0) is 11.4 Å². The summed E-state index contributed by atoms with van der Waals surface area (Å²) in [5.74, 6) is 1.33. The van der Waals surface area contributed by atoms with Gasteiger partial charge < -0.3 is 14.8 Å². The van der Waals surface area contributed by atoms with Crippen molar-refractivity contribution in [3.63, 3.8) is 0 Å². The molecule has 1 aliphatic heterocycles. The number of nitrogens with one attached hydrogen (secondary N) is 1. The Morgan fingerprint density at radius 3 is 2.55 bits per heavy atom. The topological polar surface area (TPSA) is 59.9 Å². The van der Waals surface area contributed by atoms with Crippen LogP contribution in [0.25, 0.3) is 0 Å². The Kier molecular flexibility index (Phi) is 6.99. The van der Waals surface area contributed by atoms with Gasteiger partial charge in [0.2, 0.25) is 0 Å². The molecule has 1 aliphatic rings. The predicted octanol–water partition coefficient (Wildman–Crippen LogP) is 4.89. The summed E-state index contributed by atoms with van der Waals surface area (Å²) in [6.45, 7) is 6.40. The molecule has 2 aromatic rings. The fourth-order valence-electron chi connectivity index (χ4n) is 3.27. The molecule has 1 N–H and O–H groups in total. The molecular formula is C23H26N2O3S. The van der Waals surface area contributed by atoms with Gasteiger partial charge in [0.15, 0.2) is 22.4 Å². The Morgan fingerprint density at radius 1 is 1.14 bits per heavy atom. The van der Waals surface area contributed by atoms with Crippen molar-refractivity contribution in [3.05, 3.63) is 70.9 Å². The van der Waals surface area contributed by atoms with Gasteiger partial charge >= 0.3 is 0 Å². The Morgan fingerprint density at radius 2 is 1.90 bits per heavy atom.